The van der Waals surface area contributed by atoms with Gasteiger partial charge in [-0.2, -0.15) is 12.7 Å². The van der Waals surface area contributed by atoms with E-state index in [1.807, 2.05) is 12.1 Å². The molecule has 0 aliphatic heterocycles. The molecule has 1 aromatic carbocycles. The van der Waals surface area contributed by atoms with Gasteiger partial charge in [-0.25, -0.2) is 0 Å². The number of benzene rings is 1. The second-order valence-electron chi connectivity index (χ2n) is 6.38. The monoisotopic (exact) mass is 397 g/mol. The highest BCUT2D eigenvalue weighted by Gasteiger charge is 2.50. The van der Waals surface area contributed by atoms with Crippen LogP contribution >= 0.6 is 15.9 Å². The van der Waals surface area contributed by atoms with Crippen molar-refractivity contribution in [2.45, 2.75) is 24.7 Å². The molecule has 0 atom stereocenters. The molecule has 0 saturated heterocycles. The van der Waals surface area contributed by atoms with Crippen LogP contribution in [0.1, 0.15) is 24.0 Å². The van der Waals surface area contributed by atoms with Crippen molar-refractivity contribution < 1.29 is 12.9 Å². The Morgan fingerprint density at radius 3 is 2.74 bits per heavy atom. The van der Waals surface area contributed by atoms with Crippen LogP contribution < -0.4 is 4.72 Å². The quantitative estimate of drug-likeness (QED) is 0.863. The Morgan fingerprint density at radius 2 is 2.09 bits per heavy atom. The van der Waals surface area contributed by atoms with Gasteiger partial charge in [-0.1, -0.05) is 27.2 Å². The summed E-state index contributed by atoms with van der Waals surface area (Å²) in [5.41, 5.74) is 3.22. The molecule has 0 radical (unpaired) electrons. The van der Waals surface area contributed by atoms with Gasteiger partial charge in [0.05, 0.1) is 0 Å². The van der Waals surface area contributed by atoms with E-state index in [9.17, 15) is 8.42 Å². The van der Waals surface area contributed by atoms with Gasteiger partial charge in [0.1, 0.15) is 0 Å². The van der Waals surface area contributed by atoms with Gasteiger partial charge in [-0.3, -0.25) is 4.72 Å². The van der Waals surface area contributed by atoms with Crippen molar-refractivity contribution in [3.05, 3.63) is 33.8 Å². The van der Waals surface area contributed by atoms with E-state index in [-0.39, 0.29) is 5.41 Å². The van der Waals surface area contributed by atoms with E-state index < -0.39 is 10.2 Å². The number of rotatable bonds is 3. The molecule has 2 aliphatic rings. The SMILES string of the molecule is CN(C)S(=O)(=O)Nc1noc2c1CC1(CC1)c1ccc(Br)cc1-2. The Bertz CT molecular complexity index is 901. The minimum absolute atomic E-state index is 0.104. The molecule has 2 aliphatic carbocycles. The van der Waals surface area contributed by atoms with Crippen LogP contribution in [0, 0.1) is 0 Å². The highest BCUT2D eigenvalue weighted by molar-refractivity contribution is 9.10. The van der Waals surface area contributed by atoms with E-state index in [0.717, 1.165) is 39.2 Å². The minimum Gasteiger partial charge on any atom is -0.354 e. The maximum Gasteiger partial charge on any atom is 0.302 e. The van der Waals surface area contributed by atoms with Crippen LogP contribution in [0.15, 0.2) is 27.2 Å². The number of hydrogen-bond acceptors (Lipinski definition) is 4. The summed E-state index contributed by atoms with van der Waals surface area (Å²) in [6, 6.07) is 6.18. The van der Waals surface area contributed by atoms with Crippen LogP contribution in [0.5, 0.6) is 0 Å². The summed E-state index contributed by atoms with van der Waals surface area (Å²) in [5.74, 6) is 0.959. The average Bonchev–Trinajstić information content (AvgIpc) is 3.14. The first-order valence-corrected chi connectivity index (χ1v) is 9.55. The molecule has 1 aromatic heterocycles. The van der Waals surface area contributed by atoms with Crippen molar-refractivity contribution in [1.29, 1.82) is 0 Å². The summed E-state index contributed by atoms with van der Waals surface area (Å²) in [7, 11) is -0.654. The second-order valence-corrected chi connectivity index (χ2v) is 9.18. The molecular formula is C15H16BrN3O3S. The zero-order valence-corrected chi connectivity index (χ0v) is 15.2. The predicted octanol–water partition coefficient (Wildman–Crippen LogP) is 2.91. The van der Waals surface area contributed by atoms with Crippen LogP contribution in [-0.4, -0.2) is 32.0 Å². The lowest BCUT2D eigenvalue weighted by Crippen LogP contribution is -2.30. The number of hydrogen-bond donors (Lipinski definition) is 1. The Kier molecular flexibility index (Phi) is 3.17. The summed E-state index contributed by atoms with van der Waals surface area (Å²) < 4.78 is 34.3. The van der Waals surface area contributed by atoms with Crippen LogP contribution in [-0.2, 0) is 22.0 Å². The number of nitrogens with one attached hydrogen (secondary N) is 1. The minimum atomic E-state index is -3.61. The first kappa shape index (κ1) is 15.2. The molecule has 4 rings (SSSR count). The largest absolute Gasteiger partial charge is 0.354 e. The van der Waals surface area contributed by atoms with Crippen molar-refractivity contribution in [3.63, 3.8) is 0 Å². The van der Waals surface area contributed by atoms with Crippen LogP contribution in [0.2, 0.25) is 0 Å². The molecule has 2 aromatic rings. The fourth-order valence-electron chi connectivity index (χ4n) is 3.18. The molecule has 0 bridgehead atoms. The number of fused-ring (bicyclic) bond motifs is 4. The Morgan fingerprint density at radius 1 is 1.35 bits per heavy atom. The number of nitrogens with zero attached hydrogens (tertiary/aromatic N) is 2. The Labute approximate surface area is 143 Å². The van der Waals surface area contributed by atoms with E-state index in [4.69, 9.17) is 4.52 Å². The average molecular weight is 398 g/mol. The lowest BCUT2D eigenvalue weighted by Gasteiger charge is -2.24. The molecule has 23 heavy (non-hydrogen) atoms. The maximum absolute atomic E-state index is 12.1. The molecule has 6 nitrogen and oxygen atoms in total. The standard InChI is InChI=1S/C15H16BrN3O3S/c1-19(2)23(20,21)18-14-11-8-15(5-6-15)12-4-3-9(16)7-10(12)13(11)22-17-14/h3-4,7H,5-6,8H2,1-2H3,(H,17,18). The van der Waals surface area contributed by atoms with Crippen molar-refractivity contribution in [2.75, 3.05) is 18.8 Å². The third-order valence-electron chi connectivity index (χ3n) is 4.66. The van der Waals surface area contributed by atoms with Crippen molar-refractivity contribution in [1.82, 2.24) is 9.46 Å². The summed E-state index contributed by atoms with van der Waals surface area (Å²) in [6.45, 7) is 0. The third-order valence-corrected chi connectivity index (χ3v) is 6.57. The summed E-state index contributed by atoms with van der Waals surface area (Å²) in [6.07, 6.45) is 2.96. The van der Waals surface area contributed by atoms with Gasteiger partial charge in [0, 0.05) is 35.1 Å². The van der Waals surface area contributed by atoms with Gasteiger partial charge in [0.2, 0.25) is 0 Å². The fraction of sp³-hybridized carbons (Fsp3) is 0.400. The molecule has 122 valence electrons. The summed E-state index contributed by atoms with van der Waals surface area (Å²) >= 11 is 3.49. The van der Waals surface area contributed by atoms with E-state index in [2.05, 4.69) is 31.9 Å². The molecule has 0 unspecified atom stereocenters. The third kappa shape index (κ3) is 2.31. The lowest BCUT2D eigenvalue weighted by atomic mass is 9.79. The topological polar surface area (TPSA) is 75.4 Å². The molecule has 1 fully saturated rings. The number of halogens is 1. The molecule has 1 saturated carbocycles. The Balaban J connectivity index is 1.84. The summed E-state index contributed by atoms with van der Waals surface area (Å²) in [4.78, 5) is 0. The normalized spacial score (nSPS) is 17.9. The molecule has 1 spiro atoms. The fourth-order valence-corrected chi connectivity index (χ4v) is 4.12. The van der Waals surface area contributed by atoms with E-state index in [1.54, 1.807) is 0 Å². The van der Waals surface area contributed by atoms with Gasteiger partial charge in [0.15, 0.2) is 11.6 Å². The highest BCUT2D eigenvalue weighted by atomic mass is 79.9. The van der Waals surface area contributed by atoms with Crippen molar-refractivity contribution >= 4 is 32.0 Å². The van der Waals surface area contributed by atoms with Crippen LogP contribution in [0.4, 0.5) is 5.82 Å². The van der Waals surface area contributed by atoms with Gasteiger partial charge >= 0.3 is 10.2 Å². The predicted molar refractivity (Wildman–Crippen MR) is 90.5 cm³/mol. The highest BCUT2D eigenvalue weighted by Crippen LogP contribution is 2.58. The molecule has 1 N–H and O–H groups in total. The first-order valence-electron chi connectivity index (χ1n) is 7.32. The maximum atomic E-state index is 12.1. The molecule has 8 heteroatoms. The van der Waals surface area contributed by atoms with E-state index in [1.165, 1.54) is 19.7 Å². The molecular weight excluding hydrogens is 382 g/mol. The van der Waals surface area contributed by atoms with Crippen LogP contribution in [0.25, 0.3) is 11.3 Å². The lowest BCUT2D eigenvalue weighted by molar-refractivity contribution is 0.431. The molecule has 0 amide bonds. The number of aromatic nitrogens is 1. The van der Waals surface area contributed by atoms with E-state index >= 15 is 0 Å². The van der Waals surface area contributed by atoms with Gasteiger partial charge < -0.3 is 4.52 Å². The smallest absolute Gasteiger partial charge is 0.302 e. The van der Waals surface area contributed by atoms with E-state index in [0.29, 0.717) is 11.6 Å². The first-order chi connectivity index (χ1) is 10.8. The van der Waals surface area contributed by atoms with Gasteiger partial charge in [-0.15, -0.1) is 0 Å². The Hall–Kier alpha value is -1.38. The number of anilines is 1. The zero-order chi connectivity index (χ0) is 16.4. The molecule has 1 heterocycles. The van der Waals surface area contributed by atoms with Gasteiger partial charge in [0.25, 0.3) is 0 Å². The summed E-state index contributed by atoms with van der Waals surface area (Å²) in [5, 5.41) is 3.98. The van der Waals surface area contributed by atoms with Crippen molar-refractivity contribution in [3.8, 4) is 11.3 Å². The zero-order valence-electron chi connectivity index (χ0n) is 12.8. The van der Waals surface area contributed by atoms with Crippen LogP contribution in [0.3, 0.4) is 0 Å². The van der Waals surface area contributed by atoms with Crippen molar-refractivity contribution in [2.24, 2.45) is 0 Å². The van der Waals surface area contributed by atoms with Gasteiger partial charge in [-0.05, 0) is 37.0 Å². The second kappa shape index (κ2) is 4.81.